The van der Waals surface area contributed by atoms with Gasteiger partial charge in [0.05, 0.1) is 11.6 Å². The van der Waals surface area contributed by atoms with Gasteiger partial charge in [-0.25, -0.2) is 4.39 Å². The number of hydrogen-bond donors (Lipinski definition) is 1. The van der Waals surface area contributed by atoms with Gasteiger partial charge in [0.1, 0.15) is 5.82 Å². The van der Waals surface area contributed by atoms with Crippen molar-refractivity contribution in [3.05, 3.63) is 113 Å². The van der Waals surface area contributed by atoms with Crippen molar-refractivity contribution in [1.82, 2.24) is 20.4 Å². The molecule has 35 heavy (non-hydrogen) atoms. The Kier molecular flexibility index (Phi) is 6.42. The summed E-state index contributed by atoms with van der Waals surface area (Å²) in [6.07, 6.45) is 0.960. The van der Waals surface area contributed by atoms with E-state index in [1.165, 1.54) is 17.7 Å². The third-order valence-electron chi connectivity index (χ3n) is 6.24. The van der Waals surface area contributed by atoms with Gasteiger partial charge in [0, 0.05) is 17.8 Å². The summed E-state index contributed by atoms with van der Waals surface area (Å²) in [5.74, 6) is 0.560. The molecule has 1 unspecified atom stereocenters. The van der Waals surface area contributed by atoms with Crippen molar-refractivity contribution in [1.29, 1.82) is 0 Å². The van der Waals surface area contributed by atoms with Gasteiger partial charge in [0.15, 0.2) is 5.11 Å². The third kappa shape index (κ3) is 4.72. The highest BCUT2D eigenvalue weighted by Gasteiger charge is 2.34. The lowest BCUT2D eigenvalue weighted by Gasteiger charge is -2.37. The number of rotatable bonds is 6. The van der Waals surface area contributed by atoms with E-state index in [1.807, 2.05) is 48.2 Å². The maximum atomic E-state index is 14.2. The number of thiocarbonyl (C=S) groups is 1. The van der Waals surface area contributed by atoms with Gasteiger partial charge < -0.3 is 14.7 Å². The molecule has 3 aromatic carbocycles. The van der Waals surface area contributed by atoms with Crippen LogP contribution in [0.2, 0.25) is 0 Å². The molecule has 1 aromatic heterocycles. The molecule has 0 fully saturated rings. The molecule has 0 aliphatic carbocycles. The van der Waals surface area contributed by atoms with Crippen LogP contribution in [-0.2, 0) is 13.0 Å². The smallest absolute Gasteiger partial charge is 0.258 e. The zero-order valence-electron chi connectivity index (χ0n) is 19.5. The van der Waals surface area contributed by atoms with Gasteiger partial charge in [0.2, 0.25) is 5.82 Å². The molecular weight excluding hydrogens is 459 g/mol. The lowest BCUT2D eigenvalue weighted by Crippen LogP contribution is -2.45. The molecular formula is C28H25FN4OS. The molecule has 0 amide bonds. The molecule has 5 nitrogen and oxygen atoms in total. The average Bonchev–Trinajstić information content (AvgIpc) is 3.36. The molecule has 0 saturated carbocycles. The quantitative estimate of drug-likeness (QED) is 0.324. The summed E-state index contributed by atoms with van der Waals surface area (Å²) in [5.41, 5.74) is 5.60. The first-order valence-electron chi connectivity index (χ1n) is 11.5. The summed E-state index contributed by atoms with van der Waals surface area (Å²) in [7, 11) is 0. The van der Waals surface area contributed by atoms with Crippen LogP contribution in [0.3, 0.4) is 0 Å². The Morgan fingerprint density at radius 2 is 1.77 bits per heavy atom. The summed E-state index contributed by atoms with van der Waals surface area (Å²) in [6, 6.07) is 24.3. The second-order valence-electron chi connectivity index (χ2n) is 8.48. The second-order valence-corrected chi connectivity index (χ2v) is 8.87. The van der Waals surface area contributed by atoms with Crippen molar-refractivity contribution in [2.45, 2.75) is 32.9 Å². The van der Waals surface area contributed by atoms with Crippen molar-refractivity contribution in [2.24, 2.45) is 0 Å². The average molecular weight is 485 g/mol. The van der Waals surface area contributed by atoms with E-state index >= 15 is 0 Å². The maximum absolute atomic E-state index is 14.2. The highest BCUT2D eigenvalue weighted by atomic mass is 32.1. The van der Waals surface area contributed by atoms with E-state index in [2.05, 4.69) is 41.7 Å². The number of aryl methyl sites for hydroxylation is 1. The van der Waals surface area contributed by atoms with Gasteiger partial charge in [-0.2, -0.15) is 4.98 Å². The number of hydrogen-bond acceptors (Lipinski definition) is 4. The van der Waals surface area contributed by atoms with Gasteiger partial charge in [-0.15, -0.1) is 0 Å². The minimum absolute atomic E-state index is 0.318. The molecule has 5 rings (SSSR count). The first kappa shape index (κ1) is 22.9. The van der Waals surface area contributed by atoms with Crippen LogP contribution in [0.1, 0.15) is 42.5 Å². The molecule has 1 atom stereocenters. The molecule has 1 aliphatic rings. The SMILES string of the molecule is CCc1ccc(-c2noc(C3=C(C)N(Cc4ccccc4)C(=S)NC3c3cccc(F)c3)n2)cc1. The standard InChI is InChI=1S/C28H25FN4OS/c1-3-19-12-14-21(15-13-19)26-31-27(34-32-26)24-18(2)33(17-20-8-5-4-6-9-20)28(35)30-25(24)22-10-7-11-23(29)16-22/h4-16,25H,3,17H2,1-2H3,(H,30,35). The molecule has 4 aromatic rings. The number of allylic oxidation sites excluding steroid dienone is 1. The summed E-state index contributed by atoms with van der Waals surface area (Å²) in [5, 5.41) is 8.19. The lowest BCUT2D eigenvalue weighted by atomic mass is 9.94. The fourth-order valence-corrected chi connectivity index (χ4v) is 4.61. The van der Waals surface area contributed by atoms with E-state index in [1.54, 1.807) is 6.07 Å². The second kappa shape index (κ2) is 9.80. The summed E-state index contributed by atoms with van der Waals surface area (Å²) < 4.78 is 19.9. The van der Waals surface area contributed by atoms with Crippen molar-refractivity contribution in [2.75, 3.05) is 0 Å². The molecule has 1 N–H and O–H groups in total. The molecule has 0 spiro atoms. The van der Waals surface area contributed by atoms with Gasteiger partial charge in [-0.05, 0) is 54.4 Å². The van der Waals surface area contributed by atoms with Crippen LogP contribution >= 0.6 is 12.2 Å². The van der Waals surface area contributed by atoms with E-state index in [0.717, 1.165) is 34.4 Å². The normalized spacial score (nSPS) is 15.9. The Morgan fingerprint density at radius 1 is 1.00 bits per heavy atom. The Bertz CT molecular complexity index is 1380. The van der Waals surface area contributed by atoms with Gasteiger partial charge >= 0.3 is 0 Å². The van der Waals surface area contributed by atoms with Crippen molar-refractivity contribution < 1.29 is 8.91 Å². The highest BCUT2D eigenvalue weighted by molar-refractivity contribution is 7.80. The predicted molar refractivity (Wildman–Crippen MR) is 139 cm³/mol. The molecule has 7 heteroatoms. The number of aromatic nitrogens is 2. The molecule has 0 radical (unpaired) electrons. The van der Waals surface area contributed by atoms with E-state index in [9.17, 15) is 4.39 Å². The van der Waals surface area contributed by atoms with E-state index in [-0.39, 0.29) is 5.82 Å². The summed E-state index contributed by atoms with van der Waals surface area (Å²) in [4.78, 5) is 6.75. The number of nitrogens with zero attached hydrogens (tertiary/aromatic N) is 3. The van der Waals surface area contributed by atoms with Crippen LogP contribution in [-0.4, -0.2) is 20.2 Å². The fourth-order valence-electron chi connectivity index (χ4n) is 4.29. The Balaban J connectivity index is 1.58. The van der Waals surface area contributed by atoms with Crippen LogP contribution < -0.4 is 5.32 Å². The predicted octanol–water partition coefficient (Wildman–Crippen LogP) is 6.30. The van der Waals surface area contributed by atoms with Crippen LogP contribution in [0.15, 0.2) is 89.1 Å². The lowest BCUT2D eigenvalue weighted by molar-refractivity contribution is 0.396. The Hall–Kier alpha value is -3.84. The highest BCUT2D eigenvalue weighted by Crippen LogP contribution is 2.38. The molecule has 1 aliphatic heterocycles. The zero-order valence-corrected chi connectivity index (χ0v) is 20.3. The minimum Gasteiger partial charge on any atom is -0.351 e. The van der Waals surface area contributed by atoms with Crippen LogP contribution in [0.4, 0.5) is 4.39 Å². The van der Waals surface area contributed by atoms with E-state index in [4.69, 9.17) is 21.7 Å². The Morgan fingerprint density at radius 3 is 2.49 bits per heavy atom. The zero-order chi connectivity index (χ0) is 24.4. The van der Waals surface area contributed by atoms with Gasteiger partial charge in [0.25, 0.3) is 5.89 Å². The van der Waals surface area contributed by atoms with Gasteiger partial charge in [-0.1, -0.05) is 78.8 Å². The van der Waals surface area contributed by atoms with E-state index < -0.39 is 6.04 Å². The number of nitrogens with one attached hydrogen (secondary N) is 1. The number of benzene rings is 3. The van der Waals surface area contributed by atoms with Crippen molar-refractivity contribution >= 4 is 22.9 Å². The van der Waals surface area contributed by atoms with Gasteiger partial charge in [-0.3, -0.25) is 0 Å². The largest absolute Gasteiger partial charge is 0.351 e. The molecule has 0 bridgehead atoms. The first-order valence-corrected chi connectivity index (χ1v) is 12.0. The van der Waals surface area contributed by atoms with E-state index in [0.29, 0.717) is 23.4 Å². The van der Waals surface area contributed by atoms with Crippen LogP contribution in [0, 0.1) is 5.82 Å². The van der Waals surface area contributed by atoms with Crippen LogP contribution in [0.25, 0.3) is 17.0 Å². The summed E-state index contributed by atoms with van der Waals surface area (Å²) >= 11 is 5.74. The minimum atomic E-state index is -0.430. The Labute approximate surface area is 209 Å². The molecule has 0 saturated heterocycles. The van der Waals surface area contributed by atoms with Crippen molar-refractivity contribution in [3.63, 3.8) is 0 Å². The van der Waals surface area contributed by atoms with Crippen LogP contribution in [0.5, 0.6) is 0 Å². The maximum Gasteiger partial charge on any atom is 0.258 e. The number of halogens is 1. The van der Waals surface area contributed by atoms with Crippen molar-refractivity contribution in [3.8, 4) is 11.4 Å². The first-order chi connectivity index (χ1) is 17.0. The molecule has 176 valence electrons. The third-order valence-corrected chi connectivity index (χ3v) is 6.58. The monoisotopic (exact) mass is 484 g/mol. The fraction of sp³-hybridized carbons (Fsp3) is 0.179. The molecule has 2 heterocycles. The summed E-state index contributed by atoms with van der Waals surface area (Å²) in [6.45, 7) is 4.68. The topological polar surface area (TPSA) is 54.2 Å².